The van der Waals surface area contributed by atoms with Crippen LogP contribution in [0.2, 0.25) is 0 Å². The van der Waals surface area contributed by atoms with Gasteiger partial charge in [0.1, 0.15) is 0 Å². The molecule has 0 heterocycles. The fourth-order valence-electron chi connectivity index (χ4n) is 1.15. The van der Waals surface area contributed by atoms with Gasteiger partial charge in [-0.1, -0.05) is 19.0 Å². The number of aliphatic carboxylic acids is 1. The Morgan fingerprint density at radius 3 is 2.50 bits per heavy atom. The Balaban J connectivity index is 4.31. The van der Waals surface area contributed by atoms with E-state index in [-0.39, 0.29) is 5.92 Å². The van der Waals surface area contributed by atoms with E-state index >= 15 is 0 Å². The molecule has 0 aromatic heterocycles. The summed E-state index contributed by atoms with van der Waals surface area (Å²) in [5.41, 5.74) is 8.23. The van der Waals surface area contributed by atoms with Crippen LogP contribution in [0, 0.1) is 5.92 Å². The van der Waals surface area contributed by atoms with Crippen LogP contribution in [0.15, 0.2) is 5.11 Å². The number of hydrogen-bond acceptors (Lipinski definition) is 3. The molecule has 0 bridgehead atoms. The van der Waals surface area contributed by atoms with E-state index < -0.39 is 24.5 Å². The van der Waals surface area contributed by atoms with Gasteiger partial charge < -0.3 is 10.2 Å². The molecule has 0 radical (unpaired) electrons. The standard InChI is InChI=1S/C8H15N3O3/c1-5(2)3-6(10-11-9)7(12)4-8(13)14/h5-7,12H,3-4H2,1-2H3,(H,13,14)/t6-,7-/m0/s1. The van der Waals surface area contributed by atoms with Crippen LogP contribution >= 0.6 is 0 Å². The van der Waals surface area contributed by atoms with Crippen molar-refractivity contribution in [2.24, 2.45) is 11.0 Å². The van der Waals surface area contributed by atoms with Crippen molar-refractivity contribution in [2.45, 2.75) is 38.8 Å². The molecule has 0 saturated heterocycles. The van der Waals surface area contributed by atoms with Crippen molar-refractivity contribution in [1.82, 2.24) is 0 Å². The first-order chi connectivity index (χ1) is 6.47. The summed E-state index contributed by atoms with van der Waals surface area (Å²) in [7, 11) is 0. The van der Waals surface area contributed by atoms with E-state index in [0.717, 1.165) is 0 Å². The predicted octanol–water partition coefficient (Wildman–Crippen LogP) is 1.55. The Hall–Kier alpha value is -1.26. The molecule has 0 aliphatic heterocycles. The topological polar surface area (TPSA) is 106 Å². The highest BCUT2D eigenvalue weighted by molar-refractivity contribution is 5.67. The third-order valence-corrected chi connectivity index (χ3v) is 1.74. The van der Waals surface area contributed by atoms with Crippen molar-refractivity contribution < 1.29 is 15.0 Å². The lowest BCUT2D eigenvalue weighted by molar-refractivity contribution is -0.139. The average Bonchev–Trinajstić information content (AvgIpc) is 2.01. The van der Waals surface area contributed by atoms with Crippen LogP contribution in [0.5, 0.6) is 0 Å². The smallest absolute Gasteiger partial charge is 0.305 e. The lowest BCUT2D eigenvalue weighted by Gasteiger charge is -2.18. The van der Waals surface area contributed by atoms with Gasteiger partial charge in [0.15, 0.2) is 0 Å². The van der Waals surface area contributed by atoms with Crippen molar-refractivity contribution in [1.29, 1.82) is 0 Å². The van der Waals surface area contributed by atoms with Crippen molar-refractivity contribution in [2.75, 3.05) is 0 Å². The molecule has 0 saturated carbocycles. The maximum absolute atomic E-state index is 10.3. The minimum Gasteiger partial charge on any atom is -0.481 e. The van der Waals surface area contributed by atoms with Crippen molar-refractivity contribution in [3.8, 4) is 0 Å². The first kappa shape index (κ1) is 12.7. The number of nitrogens with zero attached hydrogens (tertiary/aromatic N) is 3. The Morgan fingerprint density at radius 1 is 1.57 bits per heavy atom. The molecule has 0 spiro atoms. The van der Waals surface area contributed by atoms with Gasteiger partial charge in [-0.15, -0.1) is 0 Å². The van der Waals surface area contributed by atoms with Gasteiger partial charge in [-0.2, -0.15) is 0 Å². The molecule has 0 rings (SSSR count). The van der Waals surface area contributed by atoms with E-state index in [1.54, 1.807) is 0 Å². The molecular weight excluding hydrogens is 186 g/mol. The lowest BCUT2D eigenvalue weighted by atomic mass is 9.98. The number of hydrogen-bond donors (Lipinski definition) is 2. The van der Waals surface area contributed by atoms with Crippen LogP contribution in [-0.4, -0.2) is 28.3 Å². The van der Waals surface area contributed by atoms with Crippen molar-refractivity contribution in [3.05, 3.63) is 10.4 Å². The molecule has 0 aliphatic rings. The van der Waals surface area contributed by atoms with Gasteiger partial charge in [0.2, 0.25) is 0 Å². The van der Waals surface area contributed by atoms with E-state index in [9.17, 15) is 9.90 Å². The Kier molecular flexibility index (Phi) is 5.67. The van der Waals surface area contributed by atoms with Gasteiger partial charge >= 0.3 is 5.97 Å². The summed E-state index contributed by atoms with van der Waals surface area (Å²) in [6.07, 6.45) is -1.01. The summed E-state index contributed by atoms with van der Waals surface area (Å²) in [5, 5.41) is 21.2. The summed E-state index contributed by atoms with van der Waals surface area (Å²) in [6.45, 7) is 3.82. The number of azide groups is 1. The van der Waals surface area contributed by atoms with Crippen LogP contribution in [0.25, 0.3) is 10.4 Å². The fourth-order valence-corrected chi connectivity index (χ4v) is 1.15. The number of carboxylic acids is 1. The zero-order valence-corrected chi connectivity index (χ0v) is 8.29. The molecule has 2 atom stereocenters. The number of carbonyl (C=O) groups is 1. The maximum atomic E-state index is 10.3. The fraction of sp³-hybridized carbons (Fsp3) is 0.875. The summed E-state index contributed by atoms with van der Waals surface area (Å²) in [4.78, 5) is 12.9. The quantitative estimate of drug-likeness (QED) is 0.386. The Labute approximate surface area is 82.2 Å². The van der Waals surface area contributed by atoms with Crippen LogP contribution in [-0.2, 0) is 4.79 Å². The molecule has 6 heteroatoms. The summed E-state index contributed by atoms with van der Waals surface area (Å²) < 4.78 is 0. The Bertz CT molecular complexity index is 236. The van der Waals surface area contributed by atoms with E-state index in [1.807, 2.05) is 13.8 Å². The zero-order valence-electron chi connectivity index (χ0n) is 8.29. The minimum absolute atomic E-state index is 0.244. The monoisotopic (exact) mass is 201 g/mol. The summed E-state index contributed by atoms with van der Waals surface area (Å²) in [6, 6.07) is -0.656. The highest BCUT2D eigenvalue weighted by atomic mass is 16.4. The minimum atomic E-state index is -1.11. The number of aliphatic hydroxyl groups excluding tert-OH is 1. The molecule has 0 aromatic carbocycles. The second-order valence-corrected chi connectivity index (χ2v) is 3.57. The van der Waals surface area contributed by atoms with Crippen LogP contribution in [0.1, 0.15) is 26.7 Å². The third-order valence-electron chi connectivity index (χ3n) is 1.74. The normalized spacial score (nSPS) is 14.6. The van der Waals surface area contributed by atoms with Crippen LogP contribution in [0.4, 0.5) is 0 Å². The molecule has 80 valence electrons. The zero-order chi connectivity index (χ0) is 11.1. The lowest BCUT2D eigenvalue weighted by Crippen LogP contribution is -2.28. The van der Waals surface area contributed by atoms with Gasteiger partial charge in [0, 0.05) is 4.91 Å². The molecule has 14 heavy (non-hydrogen) atoms. The van der Waals surface area contributed by atoms with Crippen molar-refractivity contribution in [3.63, 3.8) is 0 Å². The number of carboxylic acid groups (broad SMARTS) is 1. The second-order valence-electron chi connectivity index (χ2n) is 3.57. The molecule has 0 amide bonds. The van der Waals surface area contributed by atoms with Gasteiger partial charge in [0.25, 0.3) is 0 Å². The van der Waals surface area contributed by atoms with E-state index in [1.165, 1.54) is 0 Å². The number of aliphatic hydroxyl groups is 1. The predicted molar refractivity (Wildman–Crippen MR) is 50.6 cm³/mol. The molecule has 6 nitrogen and oxygen atoms in total. The summed E-state index contributed by atoms with van der Waals surface area (Å²) >= 11 is 0. The largest absolute Gasteiger partial charge is 0.481 e. The molecule has 2 N–H and O–H groups in total. The van der Waals surface area contributed by atoms with E-state index in [4.69, 9.17) is 10.6 Å². The Morgan fingerprint density at radius 2 is 2.14 bits per heavy atom. The van der Waals surface area contributed by atoms with Gasteiger partial charge in [-0.05, 0) is 17.9 Å². The maximum Gasteiger partial charge on any atom is 0.305 e. The van der Waals surface area contributed by atoms with Crippen LogP contribution in [0.3, 0.4) is 0 Å². The first-order valence-electron chi connectivity index (χ1n) is 4.41. The molecule has 0 fully saturated rings. The molecule has 0 aromatic rings. The SMILES string of the molecule is CC(C)C[C@H](N=[N+]=[N-])[C@@H](O)CC(=O)O. The van der Waals surface area contributed by atoms with Gasteiger partial charge in [0.05, 0.1) is 18.6 Å². The second kappa shape index (κ2) is 6.23. The number of rotatable bonds is 6. The van der Waals surface area contributed by atoms with E-state index in [0.29, 0.717) is 6.42 Å². The highest BCUT2D eigenvalue weighted by Gasteiger charge is 2.21. The third kappa shape index (κ3) is 5.40. The molecular formula is C8H15N3O3. The molecule has 0 aliphatic carbocycles. The summed E-state index contributed by atoms with van der Waals surface area (Å²) in [5.74, 6) is -0.853. The molecule has 0 unspecified atom stereocenters. The first-order valence-corrected chi connectivity index (χ1v) is 4.41. The average molecular weight is 201 g/mol. The van der Waals surface area contributed by atoms with Gasteiger partial charge in [-0.3, -0.25) is 4.79 Å². The van der Waals surface area contributed by atoms with E-state index in [2.05, 4.69) is 10.0 Å². The highest BCUT2D eigenvalue weighted by Crippen LogP contribution is 2.14. The van der Waals surface area contributed by atoms with Gasteiger partial charge in [-0.25, -0.2) is 0 Å². The van der Waals surface area contributed by atoms with Crippen LogP contribution < -0.4 is 0 Å². The van der Waals surface area contributed by atoms with Crippen molar-refractivity contribution >= 4 is 5.97 Å².